The first-order valence-electron chi connectivity index (χ1n) is 11.2. The Kier molecular flexibility index (Phi) is 6.81. The number of nitro groups is 1. The number of aromatic nitrogens is 2. The predicted octanol–water partition coefficient (Wildman–Crippen LogP) is 3.95. The third-order valence-electron chi connectivity index (χ3n) is 5.96. The molecule has 0 aliphatic carbocycles. The quantitative estimate of drug-likeness (QED) is 0.406. The molecule has 0 radical (unpaired) electrons. The van der Waals surface area contributed by atoms with Crippen molar-refractivity contribution in [2.75, 3.05) is 31.1 Å². The van der Waals surface area contributed by atoms with E-state index in [1.807, 2.05) is 19.9 Å². The van der Waals surface area contributed by atoms with E-state index < -0.39 is 4.92 Å². The molecule has 8 nitrogen and oxygen atoms in total. The molecule has 1 amide bonds. The van der Waals surface area contributed by atoms with Gasteiger partial charge < -0.3 is 9.80 Å². The Labute approximate surface area is 197 Å². The van der Waals surface area contributed by atoms with Gasteiger partial charge in [-0.15, -0.1) is 0 Å². The fourth-order valence-corrected chi connectivity index (χ4v) is 4.28. The highest BCUT2D eigenvalue weighted by molar-refractivity contribution is 5.95. The molecular formula is C25H26FN5O3. The van der Waals surface area contributed by atoms with E-state index in [1.165, 1.54) is 30.3 Å². The van der Waals surface area contributed by atoms with Crippen molar-refractivity contribution in [2.24, 2.45) is 0 Å². The van der Waals surface area contributed by atoms with Crippen LogP contribution in [0.2, 0.25) is 0 Å². The number of hydrogen-bond acceptors (Lipinski definition) is 6. The predicted molar refractivity (Wildman–Crippen MR) is 127 cm³/mol. The molecule has 1 aliphatic rings. The molecule has 0 saturated carbocycles. The van der Waals surface area contributed by atoms with Crippen LogP contribution in [0.25, 0.3) is 0 Å². The van der Waals surface area contributed by atoms with Crippen LogP contribution in [0.4, 0.5) is 15.9 Å². The number of nitro benzene ring substituents is 1. The van der Waals surface area contributed by atoms with E-state index in [2.05, 4.69) is 9.88 Å². The maximum Gasteiger partial charge on any atom is 0.270 e. The van der Waals surface area contributed by atoms with Crippen LogP contribution in [0, 0.1) is 22.9 Å². The Hall–Kier alpha value is -3.88. The average Bonchev–Trinajstić information content (AvgIpc) is 2.84. The normalized spacial score (nSPS) is 13.7. The lowest BCUT2D eigenvalue weighted by molar-refractivity contribution is -0.384. The standard InChI is InChI=1S/C25H26FN5O3/c1-3-23-22(15-18-6-4-8-20(26)14-18)24(28-17(2)27-23)29-10-12-30(13-11-29)25(32)19-7-5-9-21(16-19)31(33)34/h4-9,14,16H,3,10-13,15H2,1-2H3. The van der Waals surface area contributed by atoms with E-state index in [1.54, 1.807) is 17.0 Å². The monoisotopic (exact) mass is 463 g/mol. The van der Waals surface area contributed by atoms with Gasteiger partial charge in [-0.1, -0.05) is 25.1 Å². The molecule has 176 valence electrons. The first-order chi connectivity index (χ1) is 16.4. The van der Waals surface area contributed by atoms with Crippen molar-refractivity contribution in [1.29, 1.82) is 0 Å². The average molecular weight is 464 g/mol. The minimum absolute atomic E-state index is 0.102. The molecule has 9 heteroatoms. The molecule has 0 bridgehead atoms. The van der Waals surface area contributed by atoms with Crippen LogP contribution in [0.1, 0.15) is 39.9 Å². The number of non-ortho nitro benzene ring substituents is 1. The zero-order valence-electron chi connectivity index (χ0n) is 19.2. The summed E-state index contributed by atoms with van der Waals surface area (Å²) < 4.78 is 13.8. The largest absolute Gasteiger partial charge is 0.353 e. The molecule has 34 heavy (non-hydrogen) atoms. The Morgan fingerprint density at radius 2 is 1.82 bits per heavy atom. The molecule has 2 aromatic carbocycles. The lowest BCUT2D eigenvalue weighted by Gasteiger charge is -2.36. The number of piperazine rings is 1. The summed E-state index contributed by atoms with van der Waals surface area (Å²) in [5.41, 5.74) is 2.96. The number of aryl methyl sites for hydroxylation is 2. The van der Waals surface area contributed by atoms with Gasteiger partial charge >= 0.3 is 0 Å². The van der Waals surface area contributed by atoms with Crippen molar-refractivity contribution >= 4 is 17.4 Å². The van der Waals surface area contributed by atoms with Gasteiger partial charge in [-0.3, -0.25) is 14.9 Å². The second kappa shape index (κ2) is 9.94. The zero-order chi connectivity index (χ0) is 24.2. The number of nitrogens with zero attached hydrogens (tertiary/aromatic N) is 5. The van der Waals surface area contributed by atoms with Gasteiger partial charge in [0.25, 0.3) is 11.6 Å². The Morgan fingerprint density at radius 3 is 2.50 bits per heavy atom. The summed E-state index contributed by atoms with van der Waals surface area (Å²) in [4.78, 5) is 36.7. The van der Waals surface area contributed by atoms with Crippen LogP contribution >= 0.6 is 0 Å². The topological polar surface area (TPSA) is 92.5 Å². The summed E-state index contributed by atoms with van der Waals surface area (Å²) >= 11 is 0. The molecule has 3 aromatic rings. The Bertz CT molecular complexity index is 1220. The van der Waals surface area contributed by atoms with E-state index in [4.69, 9.17) is 4.98 Å². The van der Waals surface area contributed by atoms with Gasteiger partial charge in [0.1, 0.15) is 17.5 Å². The van der Waals surface area contributed by atoms with Crippen molar-refractivity contribution in [3.8, 4) is 0 Å². The molecule has 1 saturated heterocycles. The number of benzene rings is 2. The van der Waals surface area contributed by atoms with Crippen LogP contribution in [0.15, 0.2) is 48.5 Å². The zero-order valence-corrected chi connectivity index (χ0v) is 19.2. The SMILES string of the molecule is CCc1nc(C)nc(N2CCN(C(=O)c3cccc([N+](=O)[O-])c3)CC2)c1Cc1cccc(F)c1. The van der Waals surface area contributed by atoms with Crippen molar-refractivity contribution in [2.45, 2.75) is 26.7 Å². The maximum atomic E-state index is 13.8. The maximum absolute atomic E-state index is 13.8. The second-order valence-corrected chi connectivity index (χ2v) is 8.27. The molecular weight excluding hydrogens is 437 g/mol. The smallest absolute Gasteiger partial charge is 0.270 e. The third-order valence-corrected chi connectivity index (χ3v) is 5.96. The fraction of sp³-hybridized carbons (Fsp3) is 0.320. The first kappa shape index (κ1) is 23.3. The summed E-state index contributed by atoms with van der Waals surface area (Å²) in [6.07, 6.45) is 1.25. The van der Waals surface area contributed by atoms with Crippen LogP contribution < -0.4 is 4.90 Å². The van der Waals surface area contributed by atoms with E-state index in [0.29, 0.717) is 44.0 Å². The van der Waals surface area contributed by atoms with Gasteiger partial charge in [-0.2, -0.15) is 0 Å². The fourth-order valence-electron chi connectivity index (χ4n) is 4.28. The Morgan fingerprint density at radius 1 is 1.09 bits per heavy atom. The molecule has 0 N–H and O–H groups in total. The molecule has 1 fully saturated rings. The van der Waals surface area contributed by atoms with Crippen LogP contribution in [0.3, 0.4) is 0 Å². The van der Waals surface area contributed by atoms with Gasteiger partial charge in [0.05, 0.1) is 4.92 Å². The third kappa shape index (κ3) is 5.03. The molecule has 0 unspecified atom stereocenters. The highest BCUT2D eigenvalue weighted by Crippen LogP contribution is 2.26. The minimum atomic E-state index is -0.502. The molecule has 0 atom stereocenters. The number of carbonyl (C=O) groups is 1. The van der Waals surface area contributed by atoms with Gasteiger partial charge in [-0.25, -0.2) is 14.4 Å². The van der Waals surface area contributed by atoms with E-state index >= 15 is 0 Å². The molecule has 2 heterocycles. The number of rotatable bonds is 6. The van der Waals surface area contributed by atoms with Crippen molar-refractivity contribution in [3.05, 3.63) is 92.7 Å². The van der Waals surface area contributed by atoms with E-state index in [0.717, 1.165) is 29.1 Å². The van der Waals surface area contributed by atoms with Crippen molar-refractivity contribution < 1.29 is 14.1 Å². The molecule has 1 aromatic heterocycles. The lowest BCUT2D eigenvalue weighted by atomic mass is 10.0. The number of hydrogen-bond donors (Lipinski definition) is 0. The highest BCUT2D eigenvalue weighted by Gasteiger charge is 2.26. The summed E-state index contributed by atoms with van der Waals surface area (Å²) in [5, 5.41) is 11.1. The van der Waals surface area contributed by atoms with Gasteiger partial charge in [0.15, 0.2) is 0 Å². The molecule has 4 rings (SSSR count). The number of carbonyl (C=O) groups excluding carboxylic acids is 1. The minimum Gasteiger partial charge on any atom is -0.353 e. The summed E-state index contributed by atoms with van der Waals surface area (Å²) in [5.74, 6) is 0.982. The first-order valence-corrected chi connectivity index (χ1v) is 11.2. The highest BCUT2D eigenvalue weighted by atomic mass is 19.1. The molecule has 1 aliphatic heterocycles. The van der Waals surface area contributed by atoms with Gasteiger partial charge in [-0.05, 0) is 37.1 Å². The number of halogens is 1. The summed E-state index contributed by atoms with van der Waals surface area (Å²) in [6.45, 7) is 5.96. The molecule has 0 spiro atoms. The van der Waals surface area contributed by atoms with Crippen LogP contribution in [-0.4, -0.2) is 51.9 Å². The second-order valence-electron chi connectivity index (χ2n) is 8.27. The van der Waals surface area contributed by atoms with Crippen LogP contribution in [-0.2, 0) is 12.8 Å². The van der Waals surface area contributed by atoms with Crippen LogP contribution in [0.5, 0.6) is 0 Å². The number of amides is 1. The van der Waals surface area contributed by atoms with Crippen molar-refractivity contribution in [1.82, 2.24) is 14.9 Å². The van der Waals surface area contributed by atoms with Crippen molar-refractivity contribution in [3.63, 3.8) is 0 Å². The number of anilines is 1. The van der Waals surface area contributed by atoms with Gasteiger partial charge in [0, 0.05) is 61.6 Å². The van der Waals surface area contributed by atoms with Gasteiger partial charge in [0.2, 0.25) is 0 Å². The van der Waals surface area contributed by atoms with E-state index in [-0.39, 0.29) is 17.4 Å². The summed E-state index contributed by atoms with van der Waals surface area (Å²) in [7, 11) is 0. The van der Waals surface area contributed by atoms with E-state index in [9.17, 15) is 19.3 Å². The summed E-state index contributed by atoms with van der Waals surface area (Å²) in [6, 6.07) is 12.3. The lowest BCUT2D eigenvalue weighted by Crippen LogP contribution is -2.49. The Balaban J connectivity index is 1.55.